The van der Waals surface area contributed by atoms with Gasteiger partial charge < -0.3 is 4.23 Å². The molecule has 1 aromatic heterocycles. The quantitative estimate of drug-likeness (QED) is 0.531. The van der Waals surface area contributed by atoms with E-state index in [1.165, 1.54) is 6.04 Å². The summed E-state index contributed by atoms with van der Waals surface area (Å²) in [6.07, 6.45) is 5.92. The van der Waals surface area contributed by atoms with Crippen LogP contribution in [0.25, 0.3) is 0 Å². The minimum absolute atomic E-state index is 0.124. The smallest absolute Gasteiger partial charge is 0.113 e. The van der Waals surface area contributed by atoms with Gasteiger partial charge in [-0.2, -0.15) is 0 Å². The van der Waals surface area contributed by atoms with E-state index in [0.717, 1.165) is 0 Å². The largest absolute Gasteiger partial charge is 0.374 e. The fourth-order valence-electron chi connectivity index (χ4n) is 0.760. The second-order valence-electron chi connectivity index (χ2n) is 2.15. The number of aromatic nitrogens is 2. The van der Waals surface area contributed by atoms with Crippen molar-refractivity contribution in [3.05, 3.63) is 18.7 Å². The lowest BCUT2D eigenvalue weighted by Crippen LogP contribution is -2.11. The Balaban J connectivity index is 2.30. The summed E-state index contributed by atoms with van der Waals surface area (Å²) in [5.74, 6) is 0. The van der Waals surface area contributed by atoms with Crippen molar-refractivity contribution in [2.24, 2.45) is 0 Å². The molecule has 50 valence electrons. The molecule has 0 unspecified atom stereocenters. The maximum Gasteiger partial charge on any atom is 0.113 e. The Hall–Kier alpha value is -0.356. The van der Waals surface area contributed by atoms with Crippen molar-refractivity contribution in [2.75, 3.05) is 0 Å². The lowest BCUT2D eigenvalue weighted by atomic mass is 11.0. The summed E-state index contributed by atoms with van der Waals surface area (Å²) in [6.45, 7) is 2.29. The summed E-state index contributed by atoms with van der Waals surface area (Å²) in [7, 11) is 0.438. The molecule has 0 bridgehead atoms. The molecule has 0 N–H and O–H groups in total. The zero-order valence-corrected chi connectivity index (χ0v) is 8.58. The van der Waals surface area contributed by atoms with Crippen molar-refractivity contribution in [3.8, 4) is 0 Å². The van der Waals surface area contributed by atoms with E-state index in [-0.39, 0.29) is 9.20 Å². The summed E-state index contributed by atoms with van der Waals surface area (Å²) in [4.78, 5) is 3.99. The van der Waals surface area contributed by atoms with Crippen LogP contribution >= 0.6 is 0 Å². The molecule has 9 heavy (non-hydrogen) atoms. The van der Waals surface area contributed by atoms with Gasteiger partial charge in [0.25, 0.3) is 0 Å². The highest BCUT2D eigenvalue weighted by Gasteiger charge is 1.87. The average molecular weight is 156 g/mol. The third-order valence-electron chi connectivity index (χ3n) is 1.33. The first kappa shape index (κ1) is 6.76. The number of hydrogen-bond donors (Lipinski definition) is 0. The molecule has 4 heteroatoms. The highest BCUT2D eigenvalue weighted by molar-refractivity contribution is 6.99. The molecule has 0 spiro atoms. The van der Waals surface area contributed by atoms with Gasteiger partial charge in [-0.05, 0) is 0 Å². The molecule has 0 aliphatic rings. The zero-order valence-electron chi connectivity index (χ0n) is 5.75. The first-order valence-corrected chi connectivity index (χ1v) is 9.02. The SMILES string of the molecule is CC[SiH2][SiH2]n1ccnc1. The van der Waals surface area contributed by atoms with E-state index in [9.17, 15) is 0 Å². The van der Waals surface area contributed by atoms with Crippen molar-refractivity contribution in [1.82, 2.24) is 9.22 Å². The van der Waals surface area contributed by atoms with Gasteiger partial charge in [-0.3, -0.25) is 0 Å². The Morgan fingerprint density at radius 2 is 2.56 bits per heavy atom. The van der Waals surface area contributed by atoms with Gasteiger partial charge in [0, 0.05) is 21.4 Å². The predicted octanol–water partition coefficient (Wildman–Crippen LogP) is -0.663. The zero-order chi connectivity index (χ0) is 6.53. The molecular weight excluding hydrogens is 144 g/mol. The van der Waals surface area contributed by atoms with Crippen molar-refractivity contribution < 1.29 is 0 Å². The van der Waals surface area contributed by atoms with Crippen LogP contribution in [0.1, 0.15) is 6.92 Å². The highest BCUT2D eigenvalue weighted by atomic mass is 29.1. The van der Waals surface area contributed by atoms with Crippen LogP contribution in [0.2, 0.25) is 6.04 Å². The third kappa shape index (κ3) is 2.15. The first-order chi connectivity index (χ1) is 4.43. The van der Waals surface area contributed by atoms with Crippen LogP contribution in [0.15, 0.2) is 18.7 Å². The molecule has 0 saturated carbocycles. The highest BCUT2D eigenvalue weighted by Crippen LogP contribution is 1.80. The van der Waals surface area contributed by atoms with Gasteiger partial charge in [0.1, 0.15) is 9.20 Å². The van der Waals surface area contributed by atoms with Gasteiger partial charge >= 0.3 is 0 Å². The monoisotopic (exact) mass is 156 g/mol. The number of imidazole rings is 1. The van der Waals surface area contributed by atoms with E-state index >= 15 is 0 Å². The summed E-state index contributed by atoms with van der Waals surface area (Å²) >= 11 is 0. The molecule has 1 aromatic rings. The van der Waals surface area contributed by atoms with Crippen molar-refractivity contribution in [2.45, 2.75) is 13.0 Å². The second-order valence-corrected chi connectivity index (χ2v) is 8.50. The van der Waals surface area contributed by atoms with E-state index in [1.807, 2.05) is 12.5 Å². The van der Waals surface area contributed by atoms with E-state index in [1.54, 1.807) is 0 Å². The van der Waals surface area contributed by atoms with E-state index in [0.29, 0.717) is 9.04 Å². The maximum absolute atomic E-state index is 3.99. The Morgan fingerprint density at radius 1 is 1.67 bits per heavy atom. The Morgan fingerprint density at radius 3 is 3.11 bits per heavy atom. The minimum Gasteiger partial charge on any atom is -0.374 e. The Bertz CT molecular complexity index is 150. The third-order valence-corrected chi connectivity index (χ3v) is 7.86. The molecule has 0 saturated heterocycles. The Labute approximate surface area is 59.8 Å². The fourth-order valence-corrected chi connectivity index (χ4v) is 4.73. The maximum atomic E-state index is 3.99. The Kier molecular flexibility index (Phi) is 2.72. The van der Waals surface area contributed by atoms with Gasteiger partial charge in [-0.15, -0.1) is 0 Å². The van der Waals surface area contributed by atoms with Crippen LogP contribution in [0, 0.1) is 0 Å². The fraction of sp³-hybridized carbons (Fsp3) is 0.400. The van der Waals surface area contributed by atoms with Crippen LogP contribution in [-0.4, -0.2) is 27.5 Å². The van der Waals surface area contributed by atoms with Crippen molar-refractivity contribution in [1.29, 1.82) is 0 Å². The second kappa shape index (κ2) is 3.63. The molecule has 1 rings (SSSR count). The molecule has 0 aliphatic carbocycles. The normalized spacial score (nSPS) is 12.6. The van der Waals surface area contributed by atoms with E-state index < -0.39 is 0 Å². The number of nitrogens with zero attached hydrogens (tertiary/aromatic N) is 2. The van der Waals surface area contributed by atoms with Gasteiger partial charge in [0.2, 0.25) is 0 Å². The van der Waals surface area contributed by atoms with Gasteiger partial charge in [-0.25, -0.2) is 4.98 Å². The van der Waals surface area contributed by atoms with Crippen molar-refractivity contribution in [3.63, 3.8) is 0 Å². The lowest BCUT2D eigenvalue weighted by Gasteiger charge is -1.94. The van der Waals surface area contributed by atoms with Crippen LogP contribution < -0.4 is 0 Å². The number of hydrogen-bond acceptors (Lipinski definition) is 1. The van der Waals surface area contributed by atoms with Crippen molar-refractivity contribution >= 4 is 18.2 Å². The van der Waals surface area contributed by atoms with Gasteiger partial charge in [0.15, 0.2) is 0 Å². The van der Waals surface area contributed by atoms with Crippen LogP contribution in [0.3, 0.4) is 0 Å². The molecule has 1 heterocycles. The van der Waals surface area contributed by atoms with Crippen LogP contribution in [0.5, 0.6) is 0 Å². The van der Waals surface area contributed by atoms with Crippen LogP contribution in [0.4, 0.5) is 0 Å². The average Bonchev–Trinajstić information content (AvgIpc) is 2.34. The van der Waals surface area contributed by atoms with E-state index in [4.69, 9.17) is 0 Å². The summed E-state index contributed by atoms with van der Waals surface area (Å²) < 4.78 is 2.30. The summed E-state index contributed by atoms with van der Waals surface area (Å²) in [6, 6.07) is 1.45. The molecule has 0 fully saturated rings. The predicted molar refractivity (Wildman–Crippen MR) is 45.2 cm³/mol. The van der Waals surface area contributed by atoms with E-state index in [2.05, 4.69) is 22.3 Å². The molecule has 0 aromatic carbocycles. The van der Waals surface area contributed by atoms with Gasteiger partial charge in [-0.1, -0.05) is 13.0 Å². The van der Waals surface area contributed by atoms with Crippen LogP contribution in [-0.2, 0) is 0 Å². The molecule has 0 radical (unpaired) electrons. The topological polar surface area (TPSA) is 17.8 Å². The minimum atomic E-state index is 0.124. The first-order valence-electron chi connectivity index (χ1n) is 3.39. The summed E-state index contributed by atoms with van der Waals surface area (Å²) in [5, 5.41) is 0. The lowest BCUT2D eigenvalue weighted by molar-refractivity contribution is 1.20. The standard InChI is InChI=1S/C5H12N2Si2/c1-2-8-9-7-4-3-6-5-7/h3-5H,2,8-9H2,1H3. The molecule has 2 nitrogen and oxygen atoms in total. The molecular formula is C5H12N2Si2. The summed E-state index contributed by atoms with van der Waals surface area (Å²) in [5.41, 5.74) is 0. The molecule has 0 aliphatic heterocycles. The number of rotatable bonds is 3. The molecule has 0 amide bonds. The molecule has 0 atom stereocenters. The van der Waals surface area contributed by atoms with Gasteiger partial charge in [0.05, 0.1) is 6.33 Å².